The number of sulfonamides is 1. The van der Waals surface area contributed by atoms with Crippen LogP contribution in [0.2, 0.25) is 5.02 Å². The van der Waals surface area contributed by atoms with Crippen LogP contribution in [0, 0.1) is 0 Å². The summed E-state index contributed by atoms with van der Waals surface area (Å²) in [5.41, 5.74) is 5.22. The molecule has 0 heterocycles. The minimum absolute atomic E-state index is 0. The highest BCUT2D eigenvalue weighted by molar-refractivity contribution is 9.10. The summed E-state index contributed by atoms with van der Waals surface area (Å²) in [5.74, 6) is 0. The van der Waals surface area contributed by atoms with Crippen LogP contribution in [0.4, 0.5) is 0 Å². The van der Waals surface area contributed by atoms with Crippen molar-refractivity contribution in [1.82, 2.24) is 4.72 Å². The van der Waals surface area contributed by atoms with Crippen LogP contribution < -0.4 is 10.5 Å². The van der Waals surface area contributed by atoms with Crippen molar-refractivity contribution in [3.05, 3.63) is 27.7 Å². The van der Waals surface area contributed by atoms with Crippen molar-refractivity contribution in [2.45, 2.75) is 4.90 Å². The predicted octanol–water partition coefficient (Wildman–Crippen LogP) is 1.76. The van der Waals surface area contributed by atoms with Gasteiger partial charge in [0.05, 0.1) is 4.90 Å². The number of benzene rings is 1. The fourth-order valence-corrected chi connectivity index (χ4v) is 3.23. The lowest BCUT2D eigenvalue weighted by atomic mass is 10.4. The van der Waals surface area contributed by atoms with Crippen LogP contribution in [-0.2, 0) is 10.0 Å². The van der Waals surface area contributed by atoms with Crippen molar-refractivity contribution in [1.29, 1.82) is 0 Å². The molecule has 0 spiro atoms. The molecule has 3 N–H and O–H groups in total. The molecule has 4 nitrogen and oxygen atoms in total. The second kappa shape index (κ2) is 6.78. The van der Waals surface area contributed by atoms with E-state index in [-0.39, 0.29) is 30.4 Å². The Hall–Kier alpha value is 0.150. The zero-order valence-corrected chi connectivity index (χ0v) is 12.1. The Bertz CT molecular complexity index is 453. The number of nitrogens with one attached hydrogen (secondary N) is 1. The molecule has 8 heteroatoms. The molecule has 0 fully saturated rings. The summed E-state index contributed by atoms with van der Waals surface area (Å²) in [7, 11) is -3.54. The van der Waals surface area contributed by atoms with E-state index < -0.39 is 10.0 Å². The molecule has 0 saturated carbocycles. The van der Waals surface area contributed by atoms with E-state index in [0.29, 0.717) is 9.50 Å². The van der Waals surface area contributed by atoms with Gasteiger partial charge in [-0.1, -0.05) is 11.6 Å². The van der Waals surface area contributed by atoms with E-state index in [1.807, 2.05) is 0 Å². The normalized spacial score (nSPS) is 10.9. The van der Waals surface area contributed by atoms with Gasteiger partial charge < -0.3 is 5.73 Å². The van der Waals surface area contributed by atoms with Gasteiger partial charge in [0.25, 0.3) is 0 Å². The van der Waals surface area contributed by atoms with Gasteiger partial charge in [-0.05, 0) is 34.1 Å². The van der Waals surface area contributed by atoms with E-state index >= 15 is 0 Å². The molecular formula is C8H11BrCl2N2O2S. The lowest BCUT2D eigenvalue weighted by Gasteiger charge is -2.07. The molecular weight excluding hydrogens is 339 g/mol. The van der Waals surface area contributed by atoms with Gasteiger partial charge in [-0.3, -0.25) is 0 Å². The highest BCUT2D eigenvalue weighted by Crippen LogP contribution is 2.24. The SMILES string of the molecule is Cl.NCCNS(=O)(=O)c1cc(Cl)ccc1Br. The van der Waals surface area contributed by atoms with Crippen molar-refractivity contribution in [3.8, 4) is 0 Å². The number of halogens is 3. The Kier molecular flexibility index (Phi) is 6.84. The van der Waals surface area contributed by atoms with E-state index in [1.54, 1.807) is 12.1 Å². The number of hydrogen-bond donors (Lipinski definition) is 2. The van der Waals surface area contributed by atoms with Crippen molar-refractivity contribution in [3.63, 3.8) is 0 Å². The van der Waals surface area contributed by atoms with Crippen molar-refractivity contribution < 1.29 is 8.42 Å². The highest BCUT2D eigenvalue weighted by atomic mass is 79.9. The van der Waals surface area contributed by atoms with Gasteiger partial charge in [-0.15, -0.1) is 12.4 Å². The molecule has 1 aromatic rings. The van der Waals surface area contributed by atoms with Crippen molar-refractivity contribution >= 4 is 50.0 Å². The van der Waals surface area contributed by atoms with Crippen LogP contribution in [-0.4, -0.2) is 21.5 Å². The van der Waals surface area contributed by atoms with Crippen molar-refractivity contribution in [2.24, 2.45) is 5.73 Å². The van der Waals surface area contributed by atoms with Crippen LogP contribution in [0.1, 0.15) is 0 Å². The smallest absolute Gasteiger partial charge is 0.241 e. The van der Waals surface area contributed by atoms with Crippen LogP contribution in [0.25, 0.3) is 0 Å². The lowest BCUT2D eigenvalue weighted by Crippen LogP contribution is -2.29. The largest absolute Gasteiger partial charge is 0.329 e. The van der Waals surface area contributed by atoms with Gasteiger partial charge >= 0.3 is 0 Å². The molecule has 0 saturated heterocycles. The standard InChI is InChI=1S/C8H10BrClN2O2S.ClH/c9-7-2-1-6(10)5-8(7)15(13,14)12-4-3-11;/h1-2,5,12H,3-4,11H2;1H. The molecule has 0 aliphatic heterocycles. The number of rotatable bonds is 4. The van der Waals surface area contributed by atoms with E-state index in [0.717, 1.165) is 0 Å². The molecule has 92 valence electrons. The number of hydrogen-bond acceptors (Lipinski definition) is 3. The van der Waals surface area contributed by atoms with Crippen LogP contribution in [0.3, 0.4) is 0 Å². The molecule has 0 radical (unpaired) electrons. The number of nitrogens with two attached hydrogens (primary N) is 1. The molecule has 0 atom stereocenters. The summed E-state index contributed by atoms with van der Waals surface area (Å²) in [6.45, 7) is 0.443. The quantitative estimate of drug-likeness (QED) is 0.869. The monoisotopic (exact) mass is 348 g/mol. The summed E-state index contributed by atoms with van der Waals surface area (Å²) < 4.78 is 26.2. The first-order valence-electron chi connectivity index (χ1n) is 4.12. The second-order valence-electron chi connectivity index (χ2n) is 2.76. The zero-order valence-electron chi connectivity index (χ0n) is 8.11. The first-order valence-corrected chi connectivity index (χ1v) is 6.77. The summed E-state index contributed by atoms with van der Waals surface area (Å²) in [5, 5.41) is 0.367. The predicted molar refractivity (Wildman–Crippen MR) is 70.6 cm³/mol. The van der Waals surface area contributed by atoms with Crippen LogP contribution in [0.5, 0.6) is 0 Å². The van der Waals surface area contributed by atoms with Gasteiger partial charge in [0.2, 0.25) is 10.0 Å². The Morgan fingerprint density at radius 1 is 1.44 bits per heavy atom. The minimum atomic E-state index is -3.54. The first kappa shape index (κ1) is 16.1. The summed E-state index contributed by atoms with van der Waals surface area (Å²) >= 11 is 8.87. The third-order valence-corrected chi connectivity index (χ3v) is 4.31. The maximum atomic E-state index is 11.7. The second-order valence-corrected chi connectivity index (χ2v) is 5.79. The fourth-order valence-electron chi connectivity index (χ4n) is 0.954. The fraction of sp³-hybridized carbons (Fsp3) is 0.250. The van der Waals surface area contributed by atoms with Gasteiger partial charge in [-0.2, -0.15) is 0 Å². The van der Waals surface area contributed by atoms with Crippen LogP contribution >= 0.6 is 39.9 Å². The molecule has 0 aliphatic rings. The Labute approximate surface area is 114 Å². The maximum absolute atomic E-state index is 11.7. The summed E-state index contributed by atoms with van der Waals surface area (Å²) in [6, 6.07) is 4.57. The van der Waals surface area contributed by atoms with Gasteiger partial charge in [0.15, 0.2) is 0 Å². The Morgan fingerprint density at radius 2 is 2.06 bits per heavy atom. The maximum Gasteiger partial charge on any atom is 0.241 e. The third kappa shape index (κ3) is 4.20. The Balaban J connectivity index is 0.00000225. The third-order valence-electron chi connectivity index (χ3n) is 1.62. The summed E-state index contributed by atoms with van der Waals surface area (Å²) in [4.78, 5) is 0.114. The molecule has 0 unspecified atom stereocenters. The first-order chi connectivity index (χ1) is 6.97. The molecule has 0 bridgehead atoms. The van der Waals surface area contributed by atoms with Gasteiger partial charge in [0.1, 0.15) is 0 Å². The molecule has 1 aromatic carbocycles. The van der Waals surface area contributed by atoms with Gasteiger partial charge in [-0.25, -0.2) is 13.1 Å². The molecule has 1 rings (SSSR count). The van der Waals surface area contributed by atoms with Crippen LogP contribution in [0.15, 0.2) is 27.6 Å². The topological polar surface area (TPSA) is 72.2 Å². The summed E-state index contributed by atoms with van der Waals surface area (Å²) in [6.07, 6.45) is 0. The average molecular weight is 350 g/mol. The molecule has 0 aliphatic carbocycles. The lowest BCUT2D eigenvalue weighted by molar-refractivity contribution is 0.581. The Morgan fingerprint density at radius 3 is 2.62 bits per heavy atom. The molecule has 0 aromatic heterocycles. The highest BCUT2D eigenvalue weighted by Gasteiger charge is 2.16. The van der Waals surface area contributed by atoms with E-state index in [9.17, 15) is 8.42 Å². The van der Waals surface area contributed by atoms with E-state index in [4.69, 9.17) is 17.3 Å². The minimum Gasteiger partial charge on any atom is -0.329 e. The van der Waals surface area contributed by atoms with Crippen molar-refractivity contribution in [2.75, 3.05) is 13.1 Å². The molecule has 16 heavy (non-hydrogen) atoms. The van der Waals surface area contributed by atoms with Gasteiger partial charge in [0, 0.05) is 22.6 Å². The van der Waals surface area contributed by atoms with E-state index in [2.05, 4.69) is 20.7 Å². The molecule has 0 amide bonds. The average Bonchev–Trinajstić information content (AvgIpc) is 2.18. The van der Waals surface area contributed by atoms with E-state index in [1.165, 1.54) is 6.07 Å². The zero-order chi connectivity index (χ0) is 11.5.